The van der Waals surface area contributed by atoms with Crippen LogP contribution in [0.2, 0.25) is 0 Å². The molecule has 21 heavy (non-hydrogen) atoms. The van der Waals surface area contributed by atoms with E-state index in [1.807, 2.05) is 24.3 Å². The predicted molar refractivity (Wildman–Crippen MR) is 82.5 cm³/mol. The molecule has 112 valence electrons. The first kappa shape index (κ1) is 15.3. The lowest BCUT2D eigenvalue weighted by atomic mass is 10.1. The number of aromatic nitrogens is 2. The van der Waals surface area contributed by atoms with Gasteiger partial charge in [0, 0.05) is 18.5 Å². The summed E-state index contributed by atoms with van der Waals surface area (Å²) in [5, 5.41) is 0. The van der Waals surface area contributed by atoms with Gasteiger partial charge < -0.3 is 15.5 Å². The lowest BCUT2D eigenvalue weighted by Gasteiger charge is -2.10. The van der Waals surface area contributed by atoms with Crippen LogP contribution in [0.3, 0.4) is 0 Å². The van der Waals surface area contributed by atoms with E-state index in [0.717, 1.165) is 12.2 Å². The van der Waals surface area contributed by atoms with E-state index in [1.54, 1.807) is 6.92 Å². The monoisotopic (exact) mass is 287 g/mol. The molecule has 0 amide bonds. The fraction of sp³-hybridized carbons (Fsp3) is 0.375. The molecule has 1 unspecified atom stereocenters. The molecule has 0 spiro atoms. The van der Waals surface area contributed by atoms with Crippen molar-refractivity contribution < 1.29 is 4.74 Å². The maximum Gasteiger partial charge on any atom is 0.251 e. The van der Waals surface area contributed by atoms with E-state index in [9.17, 15) is 4.79 Å². The molecule has 2 aromatic rings. The van der Waals surface area contributed by atoms with E-state index in [1.165, 1.54) is 11.6 Å². The van der Waals surface area contributed by atoms with Gasteiger partial charge in [0.2, 0.25) is 0 Å². The Kier molecular flexibility index (Phi) is 5.11. The largest absolute Gasteiger partial charge is 0.493 e. The summed E-state index contributed by atoms with van der Waals surface area (Å²) in [6, 6.07) is 9.12. The minimum atomic E-state index is -0.257. The number of ether oxygens (including phenoxy) is 1. The molecule has 0 radical (unpaired) electrons. The normalized spacial score (nSPS) is 12.1. The van der Waals surface area contributed by atoms with Crippen molar-refractivity contribution in [3.8, 4) is 5.75 Å². The molecule has 0 aliphatic heterocycles. The fourth-order valence-corrected chi connectivity index (χ4v) is 2.07. The predicted octanol–water partition coefficient (Wildman–Crippen LogP) is 1.97. The van der Waals surface area contributed by atoms with Crippen LogP contribution >= 0.6 is 0 Å². The Hall–Kier alpha value is -2.14. The number of benzene rings is 1. The van der Waals surface area contributed by atoms with Crippen molar-refractivity contribution in [1.82, 2.24) is 9.97 Å². The van der Waals surface area contributed by atoms with Crippen LogP contribution in [-0.4, -0.2) is 16.6 Å². The molecule has 1 aromatic heterocycles. The zero-order valence-corrected chi connectivity index (χ0v) is 12.4. The number of nitrogens with two attached hydrogens (primary N) is 1. The lowest BCUT2D eigenvalue weighted by Crippen LogP contribution is -2.18. The van der Waals surface area contributed by atoms with Crippen molar-refractivity contribution in [1.29, 1.82) is 0 Å². The van der Waals surface area contributed by atoms with E-state index >= 15 is 0 Å². The molecule has 5 nitrogen and oxygen atoms in total. The average molecular weight is 287 g/mol. The molecule has 0 aliphatic carbocycles. The van der Waals surface area contributed by atoms with Gasteiger partial charge >= 0.3 is 0 Å². The van der Waals surface area contributed by atoms with Crippen LogP contribution in [0.25, 0.3) is 0 Å². The second-order valence-electron chi connectivity index (χ2n) is 4.97. The third-order valence-electron chi connectivity index (χ3n) is 3.23. The molecule has 0 fully saturated rings. The first-order valence-corrected chi connectivity index (χ1v) is 7.16. The third kappa shape index (κ3) is 4.16. The zero-order chi connectivity index (χ0) is 15.2. The van der Waals surface area contributed by atoms with Gasteiger partial charge in [-0.1, -0.05) is 25.1 Å². The molecule has 1 aromatic carbocycles. The molecule has 3 N–H and O–H groups in total. The SMILES string of the molecule is CCc1ccccc1OCCc1nc(C(C)N)cc(=O)[nH]1. The highest BCUT2D eigenvalue weighted by Crippen LogP contribution is 2.18. The summed E-state index contributed by atoms with van der Waals surface area (Å²) >= 11 is 0. The van der Waals surface area contributed by atoms with Gasteiger partial charge in [0.25, 0.3) is 5.56 Å². The number of hydrogen-bond donors (Lipinski definition) is 2. The number of aryl methyl sites for hydroxylation is 1. The Morgan fingerprint density at radius 2 is 2.14 bits per heavy atom. The lowest BCUT2D eigenvalue weighted by molar-refractivity contribution is 0.315. The summed E-state index contributed by atoms with van der Waals surface area (Å²) in [6.45, 7) is 4.36. The quantitative estimate of drug-likeness (QED) is 0.851. The minimum absolute atomic E-state index is 0.179. The van der Waals surface area contributed by atoms with E-state index in [0.29, 0.717) is 24.5 Å². The number of aromatic amines is 1. The van der Waals surface area contributed by atoms with Crippen LogP contribution in [0, 0.1) is 0 Å². The summed E-state index contributed by atoms with van der Waals surface area (Å²) in [5.41, 5.74) is 7.35. The number of rotatable bonds is 6. The number of nitrogens with zero attached hydrogens (tertiary/aromatic N) is 1. The van der Waals surface area contributed by atoms with Crippen molar-refractivity contribution in [3.05, 3.63) is 57.8 Å². The molecule has 0 saturated heterocycles. The van der Waals surface area contributed by atoms with Crippen molar-refractivity contribution in [2.75, 3.05) is 6.61 Å². The third-order valence-corrected chi connectivity index (χ3v) is 3.23. The summed E-state index contributed by atoms with van der Waals surface area (Å²) in [5.74, 6) is 1.48. The van der Waals surface area contributed by atoms with Crippen LogP contribution < -0.4 is 16.0 Å². The van der Waals surface area contributed by atoms with Gasteiger partial charge in [-0.25, -0.2) is 4.98 Å². The summed E-state index contributed by atoms with van der Waals surface area (Å²) in [6.07, 6.45) is 1.46. The Bertz CT molecular complexity index is 650. The van der Waals surface area contributed by atoms with Gasteiger partial charge in [0.05, 0.1) is 12.3 Å². The second kappa shape index (κ2) is 7.04. The summed E-state index contributed by atoms with van der Waals surface area (Å²) in [7, 11) is 0. The molecule has 1 heterocycles. The Morgan fingerprint density at radius 1 is 1.38 bits per heavy atom. The first-order valence-electron chi connectivity index (χ1n) is 7.16. The highest BCUT2D eigenvalue weighted by atomic mass is 16.5. The van der Waals surface area contributed by atoms with Crippen LogP contribution in [-0.2, 0) is 12.8 Å². The maximum absolute atomic E-state index is 11.6. The topological polar surface area (TPSA) is 81.0 Å². The minimum Gasteiger partial charge on any atom is -0.493 e. The van der Waals surface area contributed by atoms with E-state index in [4.69, 9.17) is 10.5 Å². The van der Waals surface area contributed by atoms with E-state index in [-0.39, 0.29) is 11.6 Å². The van der Waals surface area contributed by atoms with Crippen molar-refractivity contribution >= 4 is 0 Å². The van der Waals surface area contributed by atoms with Gasteiger partial charge in [-0.15, -0.1) is 0 Å². The van der Waals surface area contributed by atoms with Gasteiger partial charge in [0.1, 0.15) is 11.6 Å². The standard InChI is InChI=1S/C16H21N3O2/c1-3-12-6-4-5-7-14(12)21-9-8-15-18-13(11(2)17)10-16(20)19-15/h4-7,10-11H,3,8-9,17H2,1-2H3,(H,18,19,20). The van der Waals surface area contributed by atoms with Crippen molar-refractivity contribution in [3.63, 3.8) is 0 Å². The van der Waals surface area contributed by atoms with Crippen LogP contribution in [0.4, 0.5) is 0 Å². The van der Waals surface area contributed by atoms with Gasteiger partial charge in [-0.05, 0) is 25.0 Å². The molecule has 0 bridgehead atoms. The van der Waals surface area contributed by atoms with Gasteiger partial charge in [-0.3, -0.25) is 4.79 Å². The summed E-state index contributed by atoms with van der Waals surface area (Å²) < 4.78 is 5.78. The molecule has 1 atom stereocenters. The van der Waals surface area contributed by atoms with E-state index in [2.05, 4.69) is 16.9 Å². The Balaban J connectivity index is 2.02. The Morgan fingerprint density at radius 3 is 2.86 bits per heavy atom. The van der Waals surface area contributed by atoms with Gasteiger partial charge in [-0.2, -0.15) is 0 Å². The molecule has 0 aliphatic rings. The van der Waals surface area contributed by atoms with Crippen LogP contribution in [0.15, 0.2) is 35.1 Å². The van der Waals surface area contributed by atoms with Crippen molar-refractivity contribution in [2.45, 2.75) is 32.7 Å². The number of H-pyrrole nitrogens is 1. The fourth-order valence-electron chi connectivity index (χ4n) is 2.07. The van der Waals surface area contributed by atoms with Crippen LogP contribution in [0.1, 0.15) is 37.0 Å². The smallest absolute Gasteiger partial charge is 0.251 e. The molecule has 2 rings (SSSR count). The number of para-hydroxylation sites is 1. The van der Waals surface area contributed by atoms with Gasteiger partial charge in [0.15, 0.2) is 0 Å². The molecule has 0 saturated carbocycles. The maximum atomic E-state index is 11.6. The van der Waals surface area contributed by atoms with E-state index < -0.39 is 0 Å². The Labute approximate surface area is 124 Å². The van der Waals surface area contributed by atoms with Crippen LogP contribution in [0.5, 0.6) is 5.75 Å². The highest BCUT2D eigenvalue weighted by molar-refractivity contribution is 5.33. The number of nitrogens with one attached hydrogen (secondary N) is 1. The average Bonchev–Trinajstić information content (AvgIpc) is 2.47. The highest BCUT2D eigenvalue weighted by Gasteiger charge is 2.06. The molecular weight excluding hydrogens is 266 g/mol. The first-order chi connectivity index (χ1) is 10.1. The number of hydrogen-bond acceptors (Lipinski definition) is 4. The second-order valence-corrected chi connectivity index (χ2v) is 4.97. The van der Waals surface area contributed by atoms with Crippen molar-refractivity contribution in [2.24, 2.45) is 5.73 Å². The molecule has 5 heteroatoms. The molecular formula is C16H21N3O2. The summed E-state index contributed by atoms with van der Waals surface area (Å²) in [4.78, 5) is 18.6. The zero-order valence-electron chi connectivity index (χ0n) is 12.4.